The van der Waals surface area contributed by atoms with E-state index in [1.165, 1.54) is 0 Å². The minimum absolute atomic E-state index is 0.0859. The van der Waals surface area contributed by atoms with Gasteiger partial charge in [0.1, 0.15) is 0 Å². The molecule has 124 valence electrons. The molecule has 0 amide bonds. The number of ketones is 2. The molecule has 0 saturated carbocycles. The van der Waals surface area contributed by atoms with Crippen LogP contribution in [0.4, 0.5) is 0 Å². The van der Waals surface area contributed by atoms with Gasteiger partial charge >= 0.3 is 0 Å². The SMILES string of the molecule is CCCOC1=C(C(C)C)C(=O)C(=O)C(C(C)C)=C1OCCC. The molecular weight excluding hydrogens is 280 g/mol. The van der Waals surface area contributed by atoms with E-state index in [9.17, 15) is 9.59 Å². The minimum atomic E-state index is -0.450. The van der Waals surface area contributed by atoms with E-state index < -0.39 is 11.6 Å². The van der Waals surface area contributed by atoms with Crippen LogP contribution in [0.2, 0.25) is 0 Å². The Balaban J connectivity index is 3.49. The summed E-state index contributed by atoms with van der Waals surface area (Å²) in [4.78, 5) is 25.0. The van der Waals surface area contributed by atoms with Crippen molar-refractivity contribution >= 4 is 11.6 Å². The van der Waals surface area contributed by atoms with Gasteiger partial charge in [0.05, 0.1) is 24.4 Å². The molecule has 0 aromatic carbocycles. The quantitative estimate of drug-likeness (QED) is 0.505. The van der Waals surface area contributed by atoms with Gasteiger partial charge in [0.25, 0.3) is 0 Å². The van der Waals surface area contributed by atoms with E-state index in [2.05, 4.69) is 0 Å². The first kappa shape index (κ1) is 18.5. The predicted molar refractivity (Wildman–Crippen MR) is 86.2 cm³/mol. The number of carbonyl (C=O) groups is 2. The Bertz CT molecular complexity index is 449. The van der Waals surface area contributed by atoms with Crippen molar-refractivity contribution in [1.82, 2.24) is 0 Å². The van der Waals surface area contributed by atoms with Crippen molar-refractivity contribution in [2.45, 2.75) is 54.4 Å². The molecule has 0 heterocycles. The van der Waals surface area contributed by atoms with Crippen LogP contribution in [0.3, 0.4) is 0 Å². The van der Waals surface area contributed by atoms with Gasteiger partial charge in [-0.15, -0.1) is 0 Å². The lowest BCUT2D eigenvalue weighted by molar-refractivity contribution is -0.133. The number of ether oxygens (including phenoxy) is 2. The van der Waals surface area contributed by atoms with Crippen LogP contribution >= 0.6 is 0 Å². The van der Waals surface area contributed by atoms with Crippen LogP contribution in [-0.2, 0) is 19.1 Å². The molecule has 0 fully saturated rings. The van der Waals surface area contributed by atoms with Crippen molar-refractivity contribution in [1.29, 1.82) is 0 Å². The molecule has 0 aromatic rings. The summed E-state index contributed by atoms with van der Waals surface area (Å²) in [5, 5.41) is 0. The first-order valence-electron chi connectivity index (χ1n) is 8.19. The summed E-state index contributed by atoms with van der Waals surface area (Å²) >= 11 is 0. The number of Topliss-reactive ketones (excluding diaryl/α,β-unsaturated/α-hetero) is 2. The average Bonchev–Trinajstić information content (AvgIpc) is 2.45. The smallest absolute Gasteiger partial charge is 0.233 e. The van der Waals surface area contributed by atoms with Gasteiger partial charge in [-0.05, 0) is 24.7 Å². The van der Waals surface area contributed by atoms with E-state index >= 15 is 0 Å². The topological polar surface area (TPSA) is 52.6 Å². The maximum absolute atomic E-state index is 12.5. The third-order valence-electron chi connectivity index (χ3n) is 3.45. The van der Waals surface area contributed by atoms with E-state index in [1.54, 1.807) is 0 Å². The molecule has 22 heavy (non-hydrogen) atoms. The summed E-state index contributed by atoms with van der Waals surface area (Å²) in [6, 6.07) is 0. The maximum Gasteiger partial charge on any atom is 0.233 e. The molecule has 0 unspecified atom stereocenters. The predicted octanol–water partition coefficient (Wildman–Crippen LogP) is 3.81. The fourth-order valence-corrected chi connectivity index (χ4v) is 2.44. The highest BCUT2D eigenvalue weighted by atomic mass is 16.5. The number of rotatable bonds is 8. The second kappa shape index (κ2) is 8.16. The van der Waals surface area contributed by atoms with E-state index in [4.69, 9.17) is 9.47 Å². The summed E-state index contributed by atoms with van der Waals surface area (Å²) in [7, 11) is 0. The molecule has 0 aromatic heterocycles. The average molecular weight is 308 g/mol. The summed E-state index contributed by atoms with van der Waals surface area (Å²) in [6.07, 6.45) is 1.66. The van der Waals surface area contributed by atoms with Gasteiger partial charge in [0.15, 0.2) is 11.5 Å². The third-order valence-corrected chi connectivity index (χ3v) is 3.45. The molecule has 0 spiro atoms. The van der Waals surface area contributed by atoms with E-state index in [1.807, 2.05) is 41.5 Å². The lowest BCUT2D eigenvalue weighted by Gasteiger charge is -2.27. The molecule has 1 rings (SSSR count). The normalized spacial score (nSPS) is 16.2. The van der Waals surface area contributed by atoms with Crippen molar-refractivity contribution in [3.63, 3.8) is 0 Å². The zero-order valence-corrected chi connectivity index (χ0v) is 14.6. The fourth-order valence-electron chi connectivity index (χ4n) is 2.44. The van der Waals surface area contributed by atoms with Crippen LogP contribution in [0.15, 0.2) is 22.7 Å². The van der Waals surface area contributed by atoms with Crippen LogP contribution in [-0.4, -0.2) is 24.8 Å². The largest absolute Gasteiger partial charge is 0.489 e. The zero-order chi connectivity index (χ0) is 16.9. The molecule has 4 nitrogen and oxygen atoms in total. The maximum atomic E-state index is 12.5. The van der Waals surface area contributed by atoms with Crippen LogP contribution in [0.25, 0.3) is 0 Å². The Labute approximate surface area is 133 Å². The molecule has 0 N–H and O–H groups in total. The lowest BCUT2D eigenvalue weighted by atomic mass is 9.83. The molecule has 0 saturated heterocycles. The number of hydrogen-bond acceptors (Lipinski definition) is 4. The van der Waals surface area contributed by atoms with E-state index in [0.29, 0.717) is 35.9 Å². The highest BCUT2D eigenvalue weighted by molar-refractivity contribution is 6.50. The summed E-state index contributed by atoms with van der Waals surface area (Å²) in [5.74, 6) is -0.131. The Morgan fingerprint density at radius 2 is 1.05 bits per heavy atom. The monoisotopic (exact) mass is 308 g/mol. The molecule has 1 aliphatic rings. The molecule has 0 radical (unpaired) electrons. The van der Waals surface area contributed by atoms with Crippen molar-refractivity contribution in [2.75, 3.05) is 13.2 Å². The Hall–Kier alpha value is -1.58. The third kappa shape index (κ3) is 3.79. The molecule has 1 aliphatic carbocycles. The van der Waals surface area contributed by atoms with Crippen LogP contribution in [0, 0.1) is 11.8 Å². The molecule has 0 atom stereocenters. The van der Waals surface area contributed by atoms with Crippen LogP contribution < -0.4 is 0 Å². The second-order valence-electron chi connectivity index (χ2n) is 6.15. The first-order chi connectivity index (χ1) is 10.4. The van der Waals surface area contributed by atoms with Gasteiger partial charge in [-0.3, -0.25) is 9.59 Å². The van der Waals surface area contributed by atoms with Crippen LogP contribution in [0.1, 0.15) is 54.4 Å². The first-order valence-corrected chi connectivity index (χ1v) is 8.19. The van der Waals surface area contributed by atoms with Crippen LogP contribution in [0.5, 0.6) is 0 Å². The van der Waals surface area contributed by atoms with Gasteiger partial charge in [-0.25, -0.2) is 0 Å². The van der Waals surface area contributed by atoms with E-state index in [-0.39, 0.29) is 11.8 Å². The molecule has 4 heteroatoms. The number of hydrogen-bond donors (Lipinski definition) is 0. The van der Waals surface area contributed by atoms with Gasteiger partial charge in [0.2, 0.25) is 11.6 Å². The zero-order valence-electron chi connectivity index (χ0n) is 14.6. The summed E-state index contributed by atoms with van der Waals surface area (Å²) in [6.45, 7) is 12.6. The summed E-state index contributed by atoms with van der Waals surface area (Å²) < 4.78 is 11.7. The van der Waals surface area contributed by atoms with E-state index in [0.717, 1.165) is 12.8 Å². The van der Waals surface area contributed by atoms with Crippen molar-refractivity contribution < 1.29 is 19.1 Å². The number of carbonyl (C=O) groups excluding carboxylic acids is 2. The van der Waals surface area contributed by atoms with Crippen molar-refractivity contribution in [2.24, 2.45) is 11.8 Å². The minimum Gasteiger partial charge on any atom is -0.489 e. The fraction of sp³-hybridized carbons (Fsp3) is 0.667. The molecule has 0 bridgehead atoms. The van der Waals surface area contributed by atoms with Gasteiger partial charge in [0, 0.05) is 0 Å². The second-order valence-corrected chi connectivity index (χ2v) is 6.15. The van der Waals surface area contributed by atoms with Crippen molar-refractivity contribution in [3.05, 3.63) is 22.7 Å². The highest BCUT2D eigenvalue weighted by Crippen LogP contribution is 2.35. The Morgan fingerprint density at radius 3 is 1.27 bits per heavy atom. The van der Waals surface area contributed by atoms with Gasteiger partial charge in [-0.2, -0.15) is 0 Å². The molecular formula is C18H28O4. The number of allylic oxidation sites excluding steroid dienone is 2. The Kier molecular flexibility index (Phi) is 6.85. The van der Waals surface area contributed by atoms with Crippen molar-refractivity contribution in [3.8, 4) is 0 Å². The molecule has 0 aliphatic heterocycles. The van der Waals surface area contributed by atoms with Gasteiger partial charge < -0.3 is 9.47 Å². The summed E-state index contributed by atoms with van der Waals surface area (Å²) in [5.41, 5.74) is 0.878. The Morgan fingerprint density at radius 1 is 0.727 bits per heavy atom. The standard InChI is InChI=1S/C18H28O4/c1-7-9-21-17-13(11(3)4)15(19)16(20)14(12(5)6)18(17)22-10-8-2/h11-12H,7-10H2,1-6H3. The highest BCUT2D eigenvalue weighted by Gasteiger charge is 2.39. The lowest BCUT2D eigenvalue weighted by Crippen LogP contribution is -2.32. The van der Waals surface area contributed by atoms with Gasteiger partial charge in [-0.1, -0.05) is 41.5 Å².